The molecule has 0 aromatic heterocycles. The number of rotatable bonds is 4. The van der Waals surface area contributed by atoms with E-state index in [0.717, 1.165) is 16.7 Å². The fourth-order valence-corrected chi connectivity index (χ4v) is 3.74. The highest BCUT2D eigenvalue weighted by molar-refractivity contribution is 6.01. The zero-order chi connectivity index (χ0) is 21.2. The Morgan fingerprint density at radius 2 is 1.40 bits per heavy atom. The van der Waals surface area contributed by atoms with Gasteiger partial charge in [0.1, 0.15) is 0 Å². The summed E-state index contributed by atoms with van der Waals surface area (Å²) in [5.74, 6) is 0.290. The van der Waals surface area contributed by atoms with Gasteiger partial charge in [-0.2, -0.15) is 0 Å². The monoisotopic (exact) mass is 398 g/mol. The van der Waals surface area contributed by atoms with E-state index < -0.39 is 17.2 Å². The highest BCUT2D eigenvalue weighted by Crippen LogP contribution is 2.47. The van der Waals surface area contributed by atoms with Crippen LogP contribution in [-0.2, 0) is 15.1 Å². The van der Waals surface area contributed by atoms with E-state index in [9.17, 15) is 4.79 Å². The SMILES string of the molecule is CC(C)(C)NC(=O)[C@]1(c2ccccc2)N=C(c2ccccc2)O[C@H]1c1ccccc1. The van der Waals surface area contributed by atoms with Gasteiger partial charge in [0, 0.05) is 11.1 Å². The summed E-state index contributed by atoms with van der Waals surface area (Å²) in [4.78, 5) is 18.8. The van der Waals surface area contributed by atoms with E-state index in [1.165, 1.54) is 0 Å². The second-order valence-corrected chi connectivity index (χ2v) is 8.53. The Hall–Kier alpha value is -3.40. The van der Waals surface area contributed by atoms with Crippen LogP contribution in [0.15, 0.2) is 96.0 Å². The van der Waals surface area contributed by atoms with Crippen LogP contribution < -0.4 is 5.32 Å². The molecule has 30 heavy (non-hydrogen) atoms. The number of amides is 1. The number of nitrogens with one attached hydrogen (secondary N) is 1. The summed E-state index contributed by atoms with van der Waals surface area (Å²) < 4.78 is 6.43. The van der Waals surface area contributed by atoms with Crippen LogP contribution in [0, 0.1) is 0 Å². The molecule has 0 radical (unpaired) electrons. The minimum Gasteiger partial charge on any atom is -0.466 e. The van der Waals surface area contributed by atoms with Crippen LogP contribution in [0.3, 0.4) is 0 Å². The lowest BCUT2D eigenvalue weighted by atomic mass is 9.80. The van der Waals surface area contributed by atoms with Crippen LogP contribution >= 0.6 is 0 Å². The molecule has 0 unspecified atom stereocenters. The topological polar surface area (TPSA) is 50.7 Å². The molecule has 3 aromatic carbocycles. The molecule has 3 aromatic rings. The lowest BCUT2D eigenvalue weighted by molar-refractivity contribution is -0.130. The van der Waals surface area contributed by atoms with Crippen molar-refractivity contribution in [2.24, 2.45) is 4.99 Å². The van der Waals surface area contributed by atoms with Gasteiger partial charge in [0.25, 0.3) is 5.91 Å². The number of ether oxygens (including phenoxy) is 1. The third-order valence-corrected chi connectivity index (χ3v) is 5.06. The summed E-state index contributed by atoms with van der Waals surface area (Å²) in [5.41, 5.74) is 0.901. The molecule has 1 amide bonds. The van der Waals surface area contributed by atoms with Gasteiger partial charge in [-0.05, 0) is 44.0 Å². The van der Waals surface area contributed by atoms with Gasteiger partial charge in [-0.1, -0.05) is 78.9 Å². The maximum atomic E-state index is 13.8. The standard InChI is InChI=1S/C26H26N2O2/c1-25(2,3)28-24(29)26(21-17-11-6-12-18-21)22(19-13-7-4-8-14-19)30-23(27-26)20-15-9-5-10-16-20/h4-18,22H,1-3H3,(H,28,29)/t22-,26+/m0/s1. The molecule has 0 saturated carbocycles. The van der Waals surface area contributed by atoms with Crippen LogP contribution in [0.5, 0.6) is 0 Å². The van der Waals surface area contributed by atoms with Crippen LogP contribution in [0.25, 0.3) is 0 Å². The van der Waals surface area contributed by atoms with Crippen LogP contribution in [0.2, 0.25) is 0 Å². The molecular formula is C26H26N2O2. The van der Waals surface area contributed by atoms with Crippen molar-refractivity contribution in [3.8, 4) is 0 Å². The first kappa shape index (κ1) is 19.9. The summed E-state index contributed by atoms with van der Waals surface area (Å²) in [5, 5.41) is 3.15. The van der Waals surface area contributed by atoms with Crippen molar-refractivity contribution in [2.75, 3.05) is 0 Å². The summed E-state index contributed by atoms with van der Waals surface area (Å²) in [6.45, 7) is 5.91. The van der Waals surface area contributed by atoms with Crippen molar-refractivity contribution in [3.05, 3.63) is 108 Å². The third kappa shape index (κ3) is 3.73. The molecule has 0 spiro atoms. The normalized spacial score (nSPS) is 20.9. The molecule has 1 N–H and O–H groups in total. The van der Waals surface area contributed by atoms with E-state index in [4.69, 9.17) is 9.73 Å². The zero-order valence-corrected chi connectivity index (χ0v) is 17.5. The van der Waals surface area contributed by atoms with Crippen LogP contribution in [0.4, 0.5) is 0 Å². The number of aliphatic imine (C=N–C) groups is 1. The van der Waals surface area contributed by atoms with Gasteiger partial charge >= 0.3 is 0 Å². The largest absolute Gasteiger partial charge is 0.466 e. The second-order valence-electron chi connectivity index (χ2n) is 8.53. The fourth-order valence-electron chi connectivity index (χ4n) is 3.74. The Morgan fingerprint density at radius 3 is 1.97 bits per heavy atom. The summed E-state index contributed by atoms with van der Waals surface area (Å²) in [6.07, 6.45) is -0.585. The molecule has 1 heterocycles. The summed E-state index contributed by atoms with van der Waals surface area (Å²) in [6, 6.07) is 29.2. The maximum Gasteiger partial charge on any atom is 0.257 e. The minimum atomic E-state index is -1.24. The number of carbonyl (C=O) groups is 1. The van der Waals surface area contributed by atoms with E-state index in [2.05, 4.69) is 5.32 Å². The van der Waals surface area contributed by atoms with Crippen molar-refractivity contribution in [3.63, 3.8) is 0 Å². The van der Waals surface area contributed by atoms with E-state index in [0.29, 0.717) is 5.90 Å². The molecule has 4 heteroatoms. The molecular weight excluding hydrogens is 372 g/mol. The van der Waals surface area contributed by atoms with Crippen molar-refractivity contribution < 1.29 is 9.53 Å². The molecule has 0 saturated heterocycles. The Kier molecular flexibility index (Phi) is 5.17. The van der Waals surface area contributed by atoms with Crippen molar-refractivity contribution in [1.82, 2.24) is 5.32 Å². The van der Waals surface area contributed by atoms with E-state index in [-0.39, 0.29) is 5.91 Å². The zero-order valence-electron chi connectivity index (χ0n) is 17.5. The second kappa shape index (κ2) is 7.79. The van der Waals surface area contributed by atoms with Crippen LogP contribution in [0.1, 0.15) is 43.6 Å². The van der Waals surface area contributed by atoms with Gasteiger partial charge in [-0.3, -0.25) is 4.79 Å². The molecule has 1 aliphatic heterocycles. The summed E-state index contributed by atoms with van der Waals surface area (Å²) in [7, 11) is 0. The number of carbonyl (C=O) groups excluding carboxylic acids is 1. The lowest BCUT2D eigenvalue weighted by Gasteiger charge is -2.34. The average molecular weight is 399 g/mol. The van der Waals surface area contributed by atoms with Gasteiger partial charge in [-0.25, -0.2) is 4.99 Å². The van der Waals surface area contributed by atoms with Crippen LogP contribution in [-0.4, -0.2) is 17.3 Å². The number of hydrogen-bond donors (Lipinski definition) is 1. The van der Waals surface area contributed by atoms with Gasteiger partial charge < -0.3 is 10.1 Å². The maximum absolute atomic E-state index is 13.8. The quantitative estimate of drug-likeness (QED) is 0.671. The third-order valence-electron chi connectivity index (χ3n) is 5.06. The summed E-state index contributed by atoms with van der Waals surface area (Å²) >= 11 is 0. The van der Waals surface area contributed by atoms with Gasteiger partial charge in [0.05, 0.1) is 0 Å². The molecule has 2 atom stereocenters. The molecule has 0 bridgehead atoms. The van der Waals surface area contributed by atoms with E-state index >= 15 is 0 Å². The average Bonchev–Trinajstić information content (AvgIpc) is 3.17. The van der Waals surface area contributed by atoms with Crippen molar-refractivity contribution in [2.45, 2.75) is 38.0 Å². The highest BCUT2D eigenvalue weighted by Gasteiger charge is 2.55. The lowest BCUT2D eigenvalue weighted by Crippen LogP contribution is -2.52. The fraction of sp³-hybridized carbons (Fsp3) is 0.231. The molecule has 0 fully saturated rings. The Bertz CT molecular complexity index is 1040. The van der Waals surface area contributed by atoms with Crippen molar-refractivity contribution in [1.29, 1.82) is 0 Å². The predicted molar refractivity (Wildman–Crippen MR) is 119 cm³/mol. The number of benzene rings is 3. The first-order valence-corrected chi connectivity index (χ1v) is 10.2. The van der Waals surface area contributed by atoms with E-state index in [1.54, 1.807) is 0 Å². The molecule has 4 nitrogen and oxygen atoms in total. The smallest absolute Gasteiger partial charge is 0.257 e. The predicted octanol–water partition coefficient (Wildman–Crippen LogP) is 5.01. The van der Waals surface area contributed by atoms with Gasteiger partial charge in [0.15, 0.2) is 6.10 Å². The Balaban J connectivity index is 1.94. The number of nitrogens with zero attached hydrogens (tertiary/aromatic N) is 1. The number of hydrogen-bond acceptors (Lipinski definition) is 3. The highest BCUT2D eigenvalue weighted by atomic mass is 16.5. The molecule has 0 aliphatic carbocycles. The first-order valence-electron chi connectivity index (χ1n) is 10.2. The van der Waals surface area contributed by atoms with Gasteiger partial charge in [-0.15, -0.1) is 0 Å². The molecule has 1 aliphatic rings. The molecule has 4 rings (SSSR count). The van der Waals surface area contributed by atoms with Crippen molar-refractivity contribution >= 4 is 11.8 Å². The molecule has 152 valence electrons. The van der Waals surface area contributed by atoms with Gasteiger partial charge in [0.2, 0.25) is 11.4 Å². The van der Waals surface area contributed by atoms with E-state index in [1.807, 2.05) is 112 Å². The first-order chi connectivity index (χ1) is 14.4. The Labute approximate surface area is 177 Å². The minimum absolute atomic E-state index is 0.180. The Morgan fingerprint density at radius 1 is 0.867 bits per heavy atom.